The molecule has 1 aliphatic rings. The fourth-order valence-corrected chi connectivity index (χ4v) is 0.777. The lowest BCUT2D eigenvalue weighted by atomic mass is 10.1. The summed E-state index contributed by atoms with van der Waals surface area (Å²) in [5.74, 6) is 0.0729. The number of carbonyl (C=O) groups excluding carboxylic acids is 1. The summed E-state index contributed by atoms with van der Waals surface area (Å²) in [6.07, 6.45) is 6.18. The van der Waals surface area contributed by atoms with Crippen LogP contribution in [0.5, 0.6) is 0 Å². The van der Waals surface area contributed by atoms with E-state index in [2.05, 4.69) is 5.32 Å². The monoisotopic (exact) mass is 123 g/mol. The molecule has 0 fully saturated rings. The highest BCUT2D eigenvalue weighted by Gasteiger charge is 2.04. The van der Waals surface area contributed by atoms with Crippen LogP contribution in [-0.4, -0.2) is 12.8 Å². The lowest BCUT2D eigenvalue weighted by Crippen LogP contribution is -2.15. The largest absolute Gasteiger partial charge is 0.385 e. The first-order valence-electron chi connectivity index (χ1n) is 2.93. The molecule has 1 N–H and O–H groups in total. The van der Waals surface area contributed by atoms with Gasteiger partial charge in [0.2, 0.25) is 5.78 Å². The third-order valence-electron chi connectivity index (χ3n) is 1.26. The minimum absolute atomic E-state index is 0.0729. The van der Waals surface area contributed by atoms with E-state index in [1.165, 1.54) is 0 Å². The van der Waals surface area contributed by atoms with Gasteiger partial charge in [-0.15, -0.1) is 0 Å². The van der Waals surface area contributed by atoms with E-state index in [1.807, 2.05) is 12.2 Å². The van der Waals surface area contributed by atoms with E-state index < -0.39 is 0 Å². The lowest BCUT2D eigenvalue weighted by Gasteiger charge is -2.04. The maximum Gasteiger partial charge on any atom is 0.201 e. The van der Waals surface area contributed by atoms with Gasteiger partial charge in [0, 0.05) is 7.05 Å². The van der Waals surface area contributed by atoms with Crippen molar-refractivity contribution in [2.45, 2.75) is 6.42 Å². The van der Waals surface area contributed by atoms with Crippen molar-refractivity contribution < 1.29 is 4.79 Å². The molecule has 0 amide bonds. The Bertz CT molecular complexity index is 179. The van der Waals surface area contributed by atoms with E-state index in [-0.39, 0.29) is 5.78 Å². The van der Waals surface area contributed by atoms with Gasteiger partial charge in [-0.1, -0.05) is 12.2 Å². The number of likely N-dealkylation sites (N-methyl/N-ethyl adjacent to an activating group) is 1. The Balaban J connectivity index is 2.71. The average Bonchev–Trinajstić information content (AvgIpc) is 1.89. The summed E-state index contributed by atoms with van der Waals surface area (Å²) >= 11 is 0. The van der Waals surface area contributed by atoms with Gasteiger partial charge in [-0.2, -0.15) is 0 Å². The van der Waals surface area contributed by atoms with Crippen LogP contribution >= 0.6 is 0 Å². The van der Waals surface area contributed by atoms with E-state index in [0.717, 1.165) is 6.42 Å². The van der Waals surface area contributed by atoms with Crippen LogP contribution in [-0.2, 0) is 4.79 Å². The summed E-state index contributed by atoms with van der Waals surface area (Å²) in [6, 6.07) is 0. The van der Waals surface area contributed by atoms with Crippen LogP contribution in [0.15, 0.2) is 23.9 Å². The summed E-state index contributed by atoms with van der Waals surface area (Å²) < 4.78 is 0. The van der Waals surface area contributed by atoms with Gasteiger partial charge in [0.15, 0.2) is 0 Å². The second kappa shape index (κ2) is 2.49. The molecule has 0 radical (unpaired) electrons. The molecule has 2 nitrogen and oxygen atoms in total. The number of hydrogen-bond acceptors (Lipinski definition) is 2. The van der Waals surface area contributed by atoms with Crippen LogP contribution < -0.4 is 5.32 Å². The first kappa shape index (κ1) is 6.08. The van der Waals surface area contributed by atoms with Crippen LogP contribution in [0.2, 0.25) is 0 Å². The molecule has 2 heteroatoms. The van der Waals surface area contributed by atoms with Gasteiger partial charge >= 0.3 is 0 Å². The molecule has 0 atom stereocenters. The molecule has 48 valence electrons. The number of hydrogen-bond donors (Lipinski definition) is 1. The number of nitrogens with one attached hydrogen (secondary N) is 1. The molecule has 0 saturated heterocycles. The molecular weight excluding hydrogens is 114 g/mol. The third kappa shape index (κ3) is 1.19. The highest BCUT2D eigenvalue weighted by atomic mass is 16.1. The Morgan fingerprint density at radius 1 is 1.67 bits per heavy atom. The highest BCUT2D eigenvalue weighted by Crippen LogP contribution is 2.02. The van der Waals surface area contributed by atoms with E-state index >= 15 is 0 Å². The topological polar surface area (TPSA) is 29.1 Å². The van der Waals surface area contributed by atoms with Crippen molar-refractivity contribution in [1.82, 2.24) is 5.32 Å². The molecule has 0 unspecified atom stereocenters. The zero-order chi connectivity index (χ0) is 6.69. The van der Waals surface area contributed by atoms with Crippen LogP contribution in [0.1, 0.15) is 6.42 Å². The molecule has 0 spiro atoms. The van der Waals surface area contributed by atoms with Crippen molar-refractivity contribution in [3.8, 4) is 0 Å². The Hall–Kier alpha value is -1.05. The van der Waals surface area contributed by atoms with E-state index in [9.17, 15) is 4.79 Å². The molecule has 0 aliphatic heterocycles. The molecule has 9 heavy (non-hydrogen) atoms. The number of carbonyl (C=O) groups is 1. The van der Waals surface area contributed by atoms with E-state index in [1.54, 1.807) is 13.1 Å². The minimum atomic E-state index is 0.0729. The van der Waals surface area contributed by atoms with Crippen LogP contribution in [0, 0.1) is 0 Å². The van der Waals surface area contributed by atoms with E-state index in [0.29, 0.717) is 5.70 Å². The molecule has 1 aliphatic carbocycles. The zero-order valence-corrected chi connectivity index (χ0v) is 5.35. The Kier molecular flexibility index (Phi) is 1.68. The maximum atomic E-state index is 10.8. The molecule has 0 aromatic heterocycles. The second-order valence-corrected chi connectivity index (χ2v) is 1.87. The van der Waals surface area contributed by atoms with Crippen molar-refractivity contribution in [3.05, 3.63) is 23.9 Å². The van der Waals surface area contributed by atoms with Gasteiger partial charge in [0.25, 0.3) is 0 Å². The first-order valence-corrected chi connectivity index (χ1v) is 2.93. The number of rotatable bonds is 1. The summed E-state index contributed by atoms with van der Waals surface area (Å²) in [4.78, 5) is 10.8. The van der Waals surface area contributed by atoms with E-state index in [4.69, 9.17) is 0 Å². The number of ketones is 1. The van der Waals surface area contributed by atoms with Crippen molar-refractivity contribution >= 4 is 5.78 Å². The van der Waals surface area contributed by atoms with Gasteiger partial charge < -0.3 is 5.32 Å². The predicted molar refractivity (Wildman–Crippen MR) is 35.9 cm³/mol. The third-order valence-corrected chi connectivity index (χ3v) is 1.26. The lowest BCUT2D eigenvalue weighted by molar-refractivity contribution is -0.111. The molecule has 1 rings (SSSR count). The molecule has 0 aromatic carbocycles. The smallest absolute Gasteiger partial charge is 0.201 e. The predicted octanol–water partition coefficient (Wildman–Crippen LogP) is 0.619. The van der Waals surface area contributed by atoms with Crippen molar-refractivity contribution in [2.24, 2.45) is 0 Å². The second-order valence-electron chi connectivity index (χ2n) is 1.87. The summed E-state index contributed by atoms with van der Waals surface area (Å²) in [5.41, 5.74) is 0.706. The van der Waals surface area contributed by atoms with Gasteiger partial charge in [0.05, 0.1) is 5.70 Å². The Labute approximate surface area is 54.3 Å². The fourth-order valence-electron chi connectivity index (χ4n) is 0.777. The SMILES string of the molecule is CNC1=CCC=CC1=O. The van der Waals surface area contributed by atoms with Crippen molar-refractivity contribution in [1.29, 1.82) is 0 Å². The van der Waals surface area contributed by atoms with Crippen LogP contribution in [0.3, 0.4) is 0 Å². The molecule has 0 saturated carbocycles. The minimum Gasteiger partial charge on any atom is -0.385 e. The molecular formula is C7H9NO. The fraction of sp³-hybridized carbons (Fsp3) is 0.286. The average molecular weight is 123 g/mol. The van der Waals surface area contributed by atoms with Crippen LogP contribution in [0.25, 0.3) is 0 Å². The van der Waals surface area contributed by atoms with Gasteiger partial charge in [0.1, 0.15) is 0 Å². The van der Waals surface area contributed by atoms with Crippen molar-refractivity contribution in [3.63, 3.8) is 0 Å². The van der Waals surface area contributed by atoms with Crippen molar-refractivity contribution in [2.75, 3.05) is 7.05 Å². The zero-order valence-electron chi connectivity index (χ0n) is 5.35. The summed E-state index contributed by atoms with van der Waals surface area (Å²) in [6.45, 7) is 0. The van der Waals surface area contributed by atoms with Gasteiger partial charge in [-0.3, -0.25) is 4.79 Å². The Morgan fingerprint density at radius 2 is 2.44 bits per heavy atom. The molecule has 0 aromatic rings. The summed E-state index contributed by atoms with van der Waals surface area (Å²) in [7, 11) is 1.75. The maximum absolute atomic E-state index is 10.8. The first-order chi connectivity index (χ1) is 4.34. The summed E-state index contributed by atoms with van der Waals surface area (Å²) in [5, 5.41) is 2.81. The van der Waals surface area contributed by atoms with Gasteiger partial charge in [-0.25, -0.2) is 0 Å². The highest BCUT2D eigenvalue weighted by molar-refractivity contribution is 6.04. The normalized spacial score (nSPS) is 17.4. The number of allylic oxidation sites excluding steroid dienone is 3. The van der Waals surface area contributed by atoms with Gasteiger partial charge in [-0.05, 0) is 12.5 Å². The van der Waals surface area contributed by atoms with Crippen LogP contribution in [0.4, 0.5) is 0 Å². The quantitative estimate of drug-likeness (QED) is 0.553. The standard InChI is InChI=1S/C7H9NO/c1-8-6-4-2-3-5-7(6)9/h3-5,8H,2H2,1H3. The Morgan fingerprint density at radius 3 is 2.89 bits per heavy atom. The molecule has 0 bridgehead atoms. The molecule has 0 heterocycles.